The van der Waals surface area contributed by atoms with Crippen molar-refractivity contribution in [3.8, 4) is 0 Å². The van der Waals surface area contributed by atoms with Crippen molar-refractivity contribution in [1.82, 2.24) is 0 Å². The lowest BCUT2D eigenvalue weighted by atomic mass is 9.99. The predicted molar refractivity (Wildman–Crippen MR) is 69.1 cm³/mol. The zero-order valence-corrected chi connectivity index (χ0v) is 10.6. The molecule has 1 aromatic carbocycles. The molecule has 0 radical (unpaired) electrons. The van der Waals surface area contributed by atoms with Crippen LogP contribution in [0.3, 0.4) is 0 Å². The summed E-state index contributed by atoms with van der Waals surface area (Å²) >= 11 is 0. The second kappa shape index (κ2) is 4.99. The standard InChI is InChI=1S/C13H16N2O4/c1-8-6-9(2-3-10(8)11(16)17)15-12(18)13(14)4-5-19-7-13/h2-3,6H,4-5,7,14H2,1H3,(H,15,18)(H,16,17). The van der Waals surface area contributed by atoms with Crippen molar-refractivity contribution in [2.45, 2.75) is 18.9 Å². The van der Waals surface area contributed by atoms with Crippen LogP contribution in [0.4, 0.5) is 5.69 Å². The molecule has 19 heavy (non-hydrogen) atoms. The Labute approximate surface area is 110 Å². The molecule has 0 saturated carbocycles. The van der Waals surface area contributed by atoms with Gasteiger partial charge in [0, 0.05) is 12.3 Å². The van der Waals surface area contributed by atoms with Gasteiger partial charge in [-0.05, 0) is 37.1 Å². The smallest absolute Gasteiger partial charge is 0.335 e. The van der Waals surface area contributed by atoms with Crippen molar-refractivity contribution in [1.29, 1.82) is 0 Å². The van der Waals surface area contributed by atoms with Gasteiger partial charge in [0.05, 0.1) is 12.2 Å². The number of amides is 1. The lowest BCUT2D eigenvalue weighted by molar-refractivity contribution is -0.121. The van der Waals surface area contributed by atoms with E-state index in [1.165, 1.54) is 6.07 Å². The third kappa shape index (κ3) is 2.74. The van der Waals surface area contributed by atoms with Crippen LogP contribution >= 0.6 is 0 Å². The van der Waals surface area contributed by atoms with Crippen LogP contribution in [0.5, 0.6) is 0 Å². The summed E-state index contributed by atoms with van der Waals surface area (Å²) in [5.41, 5.74) is 6.26. The van der Waals surface area contributed by atoms with Crippen LogP contribution in [0.25, 0.3) is 0 Å². The monoisotopic (exact) mass is 264 g/mol. The molecular weight excluding hydrogens is 248 g/mol. The molecular formula is C13H16N2O4. The average molecular weight is 264 g/mol. The van der Waals surface area contributed by atoms with E-state index >= 15 is 0 Å². The minimum absolute atomic E-state index is 0.199. The quantitative estimate of drug-likeness (QED) is 0.747. The van der Waals surface area contributed by atoms with E-state index in [0.717, 1.165) is 0 Å². The number of nitrogens with two attached hydrogens (primary N) is 1. The number of aryl methyl sites for hydroxylation is 1. The van der Waals surface area contributed by atoms with Crippen LogP contribution < -0.4 is 11.1 Å². The Hall–Kier alpha value is -1.92. The molecule has 6 heteroatoms. The van der Waals surface area contributed by atoms with Crippen LogP contribution in [0, 0.1) is 6.92 Å². The highest BCUT2D eigenvalue weighted by atomic mass is 16.5. The van der Waals surface area contributed by atoms with E-state index in [4.69, 9.17) is 15.6 Å². The Morgan fingerprint density at radius 2 is 2.21 bits per heavy atom. The highest BCUT2D eigenvalue weighted by Crippen LogP contribution is 2.20. The number of anilines is 1. The number of hydrogen-bond acceptors (Lipinski definition) is 4. The summed E-state index contributed by atoms with van der Waals surface area (Å²) in [5, 5.41) is 11.6. The summed E-state index contributed by atoms with van der Waals surface area (Å²) in [7, 11) is 0. The zero-order chi connectivity index (χ0) is 14.0. The van der Waals surface area contributed by atoms with Gasteiger partial charge in [0.25, 0.3) is 0 Å². The van der Waals surface area contributed by atoms with Crippen LogP contribution in [0.2, 0.25) is 0 Å². The normalized spacial score (nSPS) is 22.2. The first-order valence-electron chi connectivity index (χ1n) is 5.94. The molecule has 1 aromatic rings. The molecule has 0 aliphatic carbocycles. The van der Waals surface area contributed by atoms with Crippen molar-refractivity contribution in [2.75, 3.05) is 18.5 Å². The molecule has 2 rings (SSSR count). The maximum atomic E-state index is 12.0. The fourth-order valence-corrected chi connectivity index (χ4v) is 2.00. The van der Waals surface area contributed by atoms with Gasteiger partial charge in [-0.2, -0.15) is 0 Å². The SMILES string of the molecule is Cc1cc(NC(=O)C2(N)CCOC2)ccc1C(=O)O. The van der Waals surface area contributed by atoms with Crippen LogP contribution in [0.15, 0.2) is 18.2 Å². The summed E-state index contributed by atoms with van der Waals surface area (Å²) in [6.45, 7) is 2.35. The molecule has 1 atom stereocenters. The molecule has 1 fully saturated rings. The van der Waals surface area contributed by atoms with Gasteiger partial charge in [0.1, 0.15) is 5.54 Å². The molecule has 1 saturated heterocycles. The number of nitrogens with one attached hydrogen (secondary N) is 1. The van der Waals surface area contributed by atoms with Gasteiger partial charge in [-0.15, -0.1) is 0 Å². The van der Waals surface area contributed by atoms with Gasteiger partial charge in [-0.3, -0.25) is 4.79 Å². The summed E-state index contributed by atoms with van der Waals surface area (Å²) in [6.07, 6.45) is 0.477. The minimum Gasteiger partial charge on any atom is -0.478 e. The first-order chi connectivity index (χ1) is 8.92. The van der Waals surface area contributed by atoms with Crippen LogP contribution in [-0.4, -0.2) is 35.7 Å². The van der Waals surface area contributed by atoms with E-state index in [1.807, 2.05) is 0 Å². The van der Waals surface area contributed by atoms with Crippen molar-refractivity contribution in [3.63, 3.8) is 0 Å². The van der Waals surface area contributed by atoms with E-state index in [1.54, 1.807) is 19.1 Å². The lowest BCUT2D eigenvalue weighted by Crippen LogP contribution is -2.51. The Bertz CT molecular complexity index is 521. The Balaban J connectivity index is 2.13. The third-order valence-electron chi connectivity index (χ3n) is 3.22. The summed E-state index contributed by atoms with van der Waals surface area (Å²) in [4.78, 5) is 22.9. The Kier molecular flexibility index (Phi) is 3.55. The summed E-state index contributed by atoms with van der Waals surface area (Å²) in [5.74, 6) is -1.30. The summed E-state index contributed by atoms with van der Waals surface area (Å²) in [6, 6.07) is 4.62. The number of carbonyl (C=O) groups excluding carboxylic acids is 1. The van der Waals surface area contributed by atoms with E-state index < -0.39 is 11.5 Å². The first kappa shape index (κ1) is 13.5. The first-order valence-corrected chi connectivity index (χ1v) is 5.94. The fourth-order valence-electron chi connectivity index (χ4n) is 2.00. The number of aromatic carboxylic acids is 1. The second-order valence-corrected chi connectivity index (χ2v) is 4.75. The van der Waals surface area contributed by atoms with Gasteiger partial charge >= 0.3 is 5.97 Å². The molecule has 0 aromatic heterocycles. The van der Waals surface area contributed by atoms with Crippen molar-refractivity contribution < 1.29 is 19.4 Å². The number of benzene rings is 1. The number of ether oxygens (including phenoxy) is 1. The van der Waals surface area contributed by atoms with Crippen LogP contribution in [-0.2, 0) is 9.53 Å². The lowest BCUT2D eigenvalue weighted by Gasteiger charge is -2.20. The highest BCUT2D eigenvalue weighted by molar-refractivity contribution is 5.99. The maximum Gasteiger partial charge on any atom is 0.335 e. The number of rotatable bonds is 3. The molecule has 102 valence electrons. The number of carboxylic acid groups (broad SMARTS) is 1. The molecule has 1 aliphatic heterocycles. The molecule has 1 amide bonds. The highest BCUT2D eigenvalue weighted by Gasteiger charge is 2.38. The van der Waals surface area contributed by atoms with Crippen molar-refractivity contribution in [2.24, 2.45) is 5.73 Å². The zero-order valence-electron chi connectivity index (χ0n) is 10.6. The molecule has 0 spiro atoms. The second-order valence-electron chi connectivity index (χ2n) is 4.75. The number of carbonyl (C=O) groups is 2. The molecule has 1 unspecified atom stereocenters. The third-order valence-corrected chi connectivity index (χ3v) is 3.22. The molecule has 1 aliphatic rings. The van der Waals surface area contributed by atoms with Gasteiger partial charge in [-0.25, -0.2) is 4.79 Å². The molecule has 1 heterocycles. The van der Waals surface area contributed by atoms with Gasteiger partial charge < -0.3 is 20.9 Å². The fraction of sp³-hybridized carbons (Fsp3) is 0.385. The Morgan fingerprint density at radius 3 is 2.74 bits per heavy atom. The minimum atomic E-state index is -1.00. The largest absolute Gasteiger partial charge is 0.478 e. The van der Waals surface area contributed by atoms with Gasteiger partial charge in [-0.1, -0.05) is 0 Å². The van der Waals surface area contributed by atoms with E-state index in [2.05, 4.69) is 5.32 Å². The number of hydrogen-bond donors (Lipinski definition) is 3. The molecule has 0 bridgehead atoms. The predicted octanol–water partition coefficient (Wildman–Crippen LogP) is 0.750. The Morgan fingerprint density at radius 1 is 1.47 bits per heavy atom. The van der Waals surface area contributed by atoms with Crippen molar-refractivity contribution >= 4 is 17.6 Å². The van der Waals surface area contributed by atoms with E-state index in [-0.39, 0.29) is 18.1 Å². The van der Waals surface area contributed by atoms with Gasteiger partial charge in [0.15, 0.2) is 0 Å². The molecule has 4 N–H and O–H groups in total. The molecule has 6 nitrogen and oxygen atoms in total. The van der Waals surface area contributed by atoms with Gasteiger partial charge in [0.2, 0.25) is 5.91 Å². The number of carboxylic acids is 1. The summed E-state index contributed by atoms with van der Waals surface area (Å²) < 4.78 is 5.13. The average Bonchev–Trinajstić information content (AvgIpc) is 2.77. The van der Waals surface area contributed by atoms with E-state index in [0.29, 0.717) is 24.3 Å². The topological polar surface area (TPSA) is 102 Å². The van der Waals surface area contributed by atoms with Crippen molar-refractivity contribution in [3.05, 3.63) is 29.3 Å². The van der Waals surface area contributed by atoms with Crippen LogP contribution in [0.1, 0.15) is 22.3 Å². The van der Waals surface area contributed by atoms with E-state index in [9.17, 15) is 9.59 Å². The maximum absolute atomic E-state index is 12.0.